The Labute approximate surface area is 131 Å². The van der Waals surface area contributed by atoms with Crippen LogP contribution >= 0.6 is 11.3 Å². The van der Waals surface area contributed by atoms with Gasteiger partial charge in [-0.15, -0.1) is 11.3 Å². The first-order chi connectivity index (χ1) is 10.2. The van der Waals surface area contributed by atoms with Crippen LogP contribution in [0.15, 0.2) is 6.07 Å². The molecule has 1 saturated heterocycles. The largest absolute Gasteiger partial charge is 0.338 e. The predicted octanol–water partition coefficient (Wildman–Crippen LogP) is 3.07. The zero-order valence-corrected chi connectivity index (χ0v) is 13.8. The average molecular weight is 306 g/mol. The minimum absolute atomic E-state index is 0.235. The van der Waals surface area contributed by atoms with E-state index in [1.165, 1.54) is 29.7 Å². The third kappa shape index (κ3) is 3.16. The van der Waals surface area contributed by atoms with Crippen molar-refractivity contribution < 1.29 is 4.79 Å². The maximum absolute atomic E-state index is 12.8. The number of nitrogens with two attached hydrogens (primary N) is 1. The molecule has 1 aliphatic heterocycles. The van der Waals surface area contributed by atoms with Gasteiger partial charge in [-0.3, -0.25) is 4.79 Å². The average Bonchev–Trinajstić information content (AvgIpc) is 2.78. The zero-order valence-electron chi connectivity index (χ0n) is 12.9. The van der Waals surface area contributed by atoms with Crippen LogP contribution in [-0.4, -0.2) is 30.4 Å². The van der Waals surface area contributed by atoms with Crippen LogP contribution in [0, 0.1) is 11.8 Å². The molecule has 2 atom stereocenters. The van der Waals surface area contributed by atoms with Crippen LogP contribution in [-0.2, 0) is 12.8 Å². The van der Waals surface area contributed by atoms with Crippen molar-refractivity contribution in [2.24, 2.45) is 17.6 Å². The van der Waals surface area contributed by atoms with Gasteiger partial charge in [-0.05, 0) is 62.1 Å². The molecule has 0 spiro atoms. The van der Waals surface area contributed by atoms with Gasteiger partial charge in [0.05, 0.1) is 4.88 Å². The number of carbonyl (C=O) groups is 1. The molecule has 2 unspecified atom stereocenters. The second kappa shape index (κ2) is 6.49. The maximum atomic E-state index is 12.8. The lowest BCUT2D eigenvalue weighted by atomic mass is 9.87. The summed E-state index contributed by atoms with van der Waals surface area (Å²) in [5.74, 6) is 1.33. The number of aryl methyl sites for hydroxylation is 2. The number of amides is 1. The fourth-order valence-electron chi connectivity index (χ4n) is 3.57. The molecule has 0 aromatic carbocycles. The molecule has 0 bridgehead atoms. The molecule has 4 heteroatoms. The molecule has 3 rings (SSSR count). The minimum atomic E-state index is 0.235. The molecule has 2 heterocycles. The Hall–Kier alpha value is -0.870. The van der Waals surface area contributed by atoms with Crippen LogP contribution < -0.4 is 5.73 Å². The normalized spacial score (nSPS) is 26.3. The zero-order chi connectivity index (χ0) is 14.8. The summed E-state index contributed by atoms with van der Waals surface area (Å²) < 4.78 is 0. The Morgan fingerprint density at radius 1 is 1.38 bits per heavy atom. The van der Waals surface area contributed by atoms with E-state index in [0.29, 0.717) is 18.4 Å². The fraction of sp³-hybridized carbons (Fsp3) is 0.706. The molecule has 1 aliphatic carbocycles. The van der Waals surface area contributed by atoms with Gasteiger partial charge in [0.25, 0.3) is 5.91 Å². The molecule has 2 aliphatic rings. The van der Waals surface area contributed by atoms with Gasteiger partial charge in [0.15, 0.2) is 0 Å². The standard InChI is InChI=1S/C17H26N2OS/c1-12-7-8-19(11-14(12)10-18)17(20)16-9-13-5-3-2-4-6-15(13)21-16/h9,12,14H,2-8,10-11,18H2,1H3. The second-order valence-corrected chi connectivity index (χ2v) is 7.77. The van der Waals surface area contributed by atoms with Crippen molar-refractivity contribution in [3.8, 4) is 0 Å². The number of hydrogen-bond acceptors (Lipinski definition) is 3. The Morgan fingerprint density at radius 2 is 2.19 bits per heavy atom. The summed E-state index contributed by atoms with van der Waals surface area (Å²) in [6, 6.07) is 2.17. The highest BCUT2D eigenvalue weighted by Gasteiger charge is 2.29. The van der Waals surface area contributed by atoms with Gasteiger partial charge >= 0.3 is 0 Å². The first kappa shape index (κ1) is 15.0. The molecule has 116 valence electrons. The summed E-state index contributed by atoms with van der Waals surface area (Å²) in [6.45, 7) is 4.66. The van der Waals surface area contributed by atoms with Gasteiger partial charge in [-0.25, -0.2) is 0 Å². The molecule has 21 heavy (non-hydrogen) atoms. The third-order valence-electron chi connectivity index (χ3n) is 5.16. The molecule has 1 fully saturated rings. The number of rotatable bonds is 2. The molecule has 1 aromatic rings. The number of carbonyl (C=O) groups excluding carboxylic acids is 1. The SMILES string of the molecule is CC1CCN(C(=O)c2cc3c(s2)CCCCC3)CC1CN. The van der Waals surface area contributed by atoms with Crippen molar-refractivity contribution in [3.05, 3.63) is 21.4 Å². The lowest BCUT2D eigenvalue weighted by Crippen LogP contribution is -2.45. The van der Waals surface area contributed by atoms with Crippen molar-refractivity contribution in [1.82, 2.24) is 4.90 Å². The van der Waals surface area contributed by atoms with Crippen LogP contribution in [0.4, 0.5) is 0 Å². The van der Waals surface area contributed by atoms with E-state index in [2.05, 4.69) is 13.0 Å². The van der Waals surface area contributed by atoms with Crippen molar-refractivity contribution >= 4 is 17.2 Å². The Morgan fingerprint density at radius 3 is 3.00 bits per heavy atom. The highest BCUT2D eigenvalue weighted by atomic mass is 32.1. The molecule has 3 nitrogen and oxygen atoms in total. The Kier molecular flexibility index (Phi) is 4.65. The van der Waals surface area contributed by atoms with Crippen LogP contribution in [0.25, 0.3) is 0 Å². The first-order valence-electron chi connectivity index (χ1n) is 8.30. The van der Waals surface area contributed by atoms with Gasteiger partial charge in [0.1, 0.15) is 0 Å². The summed E-state index contributed by atoms with van der Waals surface area (Å²) >= 11 is 1.74. The third-order valence-corrected chi connectivity index (χ3v) is 6.39. The number of piperidine rings is 1. The van der Waals surface area contributed by atoms with E-state index in [9.17, 15) is 4.79 Å². The van der Waals surface area contributed by atoms with E-state index in [1.54, 1.807) is 11.3 Å². The van der Waals surface area contributed by atoms with Gasteiger partial charge in [-0.2, -0.15) is 0 Å². The predicted molar refractivity (Wildman–Crippen MR) is 87.8 cm³/mol. The molecule has 2 N–H and O–H groups in total. The quantitative estimate of drug-likeness (QED) is 0.854. The first-order valence-corrected chi connectivity index (χ1v) is 9.11. The smallest absolute Gasteiger partial charge is 0.263 e. The van der Waals surface area contributed by atoms with Crippen molar-refractivity contribution in [1.29, 1.82) is 0 Å². The summed E-state index contributed by atoms with van der Waals surface area (Å²) in [4.78, 5) is 17.2. The molecule has 1 aromatic heterocycles. The topological polar surface area (TPSA) is 46.3 Å². The monoisotopic (exact) mass is 306 g/mol. The van der Waals surface area contributed by atoms with Crippen LogP contribution in [0.2, 0.25) is 0 Å². The second-order valence-electron chi connectivity index (χ2n) is 6.63. The van der Waals surface area contributed by atoms with Crippen LogP contribution in [0.5, 0.6) is 0 Å². The number of likely N-dealkylation sites (tertiary alicyclic amines) is 1. The number of nitrogens with zero attached hydrogens (tertiary/aromatic N) is 1. The van der Waals surface area contributed by atoms with Crippen molar-refractivity contribution in [3.63, 3.8) is 0 Å². The molecule has 0 radical (unpaired) electrons. The highest BCUT2D eigenvalue weighted by Crippen LogP contribution is 2.31. The van der Waals surface area contributed by atoms with Crippen LogP contribution in [0.3, 0.4) is 0 Å². The number of hydrogen-bond donors (Lipinski definition) is 1. The van der Waals surface area contributed by atoms with Gasteiger partial charge in [0.2, 0.25) is 0 Å². The van der Waals surface area contributed by atoms with E-state index < -0.39 is 0 Å². The number of thiophene rings is 1. The van der Waals surface area contributed by atoms with Gasteiger partial charge in [0, 0.05) is 18.0 Å². The van der Waals surface area contributed by atoms with Gasteiger partial charge < -0.3 is 10.6 Å². The Balaban J connectivity index is 1.73. The van der Waals surface area contributed by atoms with E-state index in [-0.39, 0.29) is 5.91 Å². The lowest BCUT2D eigenvalue weighted by Gasteiger charge is -2.36. The van der Waals surface area contributed by atoms with E-state index >= 15 is 0 Å². The van der Waals surface area contributed by atoms with E-state index in [4.69, 9.17) is 5.73 Å². The number of fused-ring (bicyclic) bond motifs is 1. The highest BCUT2D eigenvalue weighted by molar-refractivity contribution is 7.14. The molecule has 0 saturated carbocycles. The van der Waals surface area contributed by atoms with Crippen LogP contribution in [0.1, 0.15) is 52.7 Å². The summed E-state index contributed by atoms with van der Waals surface area (Å²) in [5, 5.41) is 0. The summed E-state index contributed by atoms with van der Waals surface area (Å²) in [7, 11) is 0. The molecular weight excluding hydrogens is 280 g/mol. The minimum Gasteiger partial charge on any atom is -0.338 e. The van der Waals surface area contributed by atoms with E-state index in [1.807, 2.05) is 4.90 Å². The van der Waals surface area contributed by atoms with Crippen molar-refractivity contribution in [2.45, 2.75) is 45.4 Å². The lowest BCUT2D eigenvalue weighted by molar-refractivity contribution is 0.0623. The maximum Gasteiger partial charge on any atom is 0.263 e. The van der Waals surface area contributed by atoms with Crippen molar-refractivity contribution in [2.75, 3.05) is 19.6 Å². The molecular formula is C17H26N2OS. The summed E-state index contributed by atoms with van der Waals surface area (Å²) in [5.41, 5.74) is 7.29. The fourth-order valence-corrected chi connectivity index (χ4v) is 4.79. The summed E-state index contributed by atoms with van der Waals surface area (Å²) in [6.07, 6.45) is 7.27. The van der Waals surface area contributed by atoms with E-state index in [0.717, 1.165) is 37.2 Å². The molecule has 1 amide bonds. The Bertz CT molecular complexity index is 487. The van der Waals surface area contributed by atoms with Gasteiger partial charge in [-0.1, -0.05) is 13.3 Å².